The van der Waals surface area contributed by atoms with E-state index in [1.807, 2.05) is 24.3 Å². The monoisotopic (exact) mass is 358 g/mol. The van der Waals surface area contributed by atoms with Crippen LogP contribution >= 0.6 is 0 Å². The number of hydrogen-bond acceptors (Lipinski definition) is 0. The molecule has 0 aliphatic heterocycles. The molecule has 0 saturated carbocycles. The summed E-state index contributed by atoms with van der Waals surface area (Å²) >= 11 is 0. The zero-order chi connectivity index (χ0) is 18.8. The van der Waals surface area contributed by atoms with Crippen LogP contribution in [0.3, 0.4) is 0 Å². The lowest BCUT2D eigenvalue weighted by Crippen LogP contribution is -1.86. The molecule has 0 aromatic heterocycles. The van der Waals surface area contributed by atoms with Gasteiger partial charge in [-0.3, -0.25) is 0 Å². The van der Waals surface area contributed by atoms with E-state index >= 15 is 0 Å². The summed E-state index contributed by atoms with van der Waals surface area (Å²) in [6.07, 6.45) is 2.24. The molecule has 0 saturated heterocycles. The Morgan fingerprint density at radius 3 is 1.78 bits per heavy atom. The first-order chi connectivity index (χ1) is 13.1. The minimum absolute atomic E-state index is 0.543. The highest BCUT2D eigenvalue weighted by Gasteiger charge is 2.05. The van der Waals surface area contributed by atoms with Gasteiger partial charge < -0.3 is 0 Å². The third-order valence-corrected chi connectivity index (χ3v) is 4.86. The van der Waals surface area contributed by atoms with Crippen molar-refractivity contribution in [1.29, 1.82) is 0 Å². The van der Waals surface area contributed by atoms with Gasteiger partial charge in [0.25, 0.3) is 0 Å². The number of halogens is 2. The average Bonchev–Trinajstić information content (AvgIpc) is 2.67. The number of fused-ring (bicyclic) bond motifs is 1. The fraction of sp³-hybridized carbons (Fsp3) is 0.120. The molecule has 0 aliphatic rings. The Balaban J connectivity index is 1.66. The molecule has 0 nitrogen and oxygen atoms in total. The van der Waals surface area contributed by atoms with Gasteiger partial charge >= 0.3 is 0 Å². The Hall–Kier alpha value is -3.00. The van der Waals surface area contributed by atoms with Crippen LogP contribution in [0.1, 0.15) is 18.9 Å². The first-order valence-corrected chi connectivity index (χ1v) is 9.22. The minimum Gasteiger partial charge on any atom is -0.207 e. The van der Waals surface area contributed by atoms with Crippen LogP contribution in [-0.2, 0) is 6.42 Å². The van der Waals surface area contributed by atoms with Gasteiger partial charge in [0.1, 0.15) is 11.6 Å². The van der Waals surface area contributed by atoms with E-state index in [0.717, 1.165) is 35.6 Å². The Labute approximate surface area is 158 Å². The molecule has 4 rings (SSSR count). The lowest BCUT2D eigenvalue weighted by atomic mass is 9.97. The highest BCUT2D eigenvalue weighted by Crippen LogP contribution is 2.28. The van der Waals surface area contributed by atoms with Crippen molar-refractivity contribution in [1.82, 2.24) is 0 Å². The lowest BCUT2D eigenvalue weighted by molar-refractivity contribution is 0.584. The molecule has 0 N–H and O–H groups in total. The van der Waals surface area contributed by atoms with Crippen LogP contribution in [0.25, 0.3) is 33.0 Å². The summed E-state index contributed by atoms with van der Waals surface area (Å²) in [4.78, 5) is 0. The van der Waals surface area contributed by atoms with Crippen molar-refractivity contribution in [3.63, 3.8) is 0 Å². The molecule has 27 heavy (non-hydrogen) atoms. The van der Waals surface area contributed by atoms with Crippen LogP contribution in [0.4, 0.5) is 8.78 Å². The second kappa shape index (κ2) is 7.32. The Morgan fingerprint density at radius 2 is 1.11 bits per heavy atom. The zero-order valence-electron chi connectivity index (χ0n) is 15.2. The van der Waals surface area contributed by atoms with Gasteiger partial charge in [0.15, 0.2) is 0 Å². The Bertz CT molecular complexity index is 1070. The van der Waals surface area contributed by atoms with E-state index in [1.54, 1.807) is 0 Å². The molecule has 0 aliphatic carbocycles. The molecule has 134 valence electrons. The van der Waals surface area contributed by atoms with Gasteiger partial charge in [0, 0.05) is 6.07 Å². The van der Waals surface area contributed by atoms with Crippen LogP contribution in [0, 0.1) is 11.6 Å². The number of rotatable bonds is 4. The normalized spacial score (nSPS) is 11.1. The van der Waals surface area contributed by atoms with E-state index in [4.69, 9.17) is 0 Å². The molecule has 0 amide bonds. The Morgan fingerprint density at radius 1 is 0.556 bits per heavy atom. The molecule has 0 atom stereocenters. The van der Waals surface area contributed by atoms with Gasteiger partial charge in [-0.25, -0.2) is 8.78 Å². The highest BCUT2D eigenvalue weighted by molar-refractivity contribution is 5.88. The maximum absolute atomic E-state index is 13.4. The van der Waals surface area contributed by atoms with Crippen LogP contribution in [-0.4, -0.2) is 0 Å². The second-order valence-corrected chi connectivity index (χ2v) is 6.88. The van der Waals surface area contributed by atoms with Crippen molar-refractivity contribution in [2.24, 2.45) is 0 Å². The molecule has 4 aromatic rings. The van der Waals surface area contributed by atoms with Gasteiger partial charge in [-0.05, 0) is 63.2 Å². The van der Waals surface area contributed by atoms with E-state index < -0.39 is 11.6 Å². The SMILES string of the molecule is CCCc1ccc2cc(-c3ccc(-c4cc(F)cc(F)c4)cc3)ccc2c1. The quantitative estimate of drug-likeness (QED) is 0.356. The summed E-state index contributed by atoms with van der Waals surface area (Å²) < 4.78 is 26.9. The maximum atomic E-state index is 13.4. The summed E-state index contributed by atoms with van der Waals surface area (Å²) in [5.41, 5.74) is 4.91. The molecule has 0 unspecified atom stereocenters. The van der Waals surface area contributed by atoms with Crippen LogP contribution < -0.4 is 0 Å². The van der Waals surface area contributed by atoms with Crippen molar-refractivity contribution < 1.29 is 8.78 Å². The maximum Gasteiger partial charge on any atom is 0.126 e. The molecular formula is C25H20F2. The van der Waals surface area contributed by atoms with E-state index in [2.05, 4.69) is 43.3 Å². The number of hydrogen-bond donors (Lipinski definition) is 0. The van der Waals surface area contributed by atoms with Gasteiger partial charge in [-0.15, -0.1) is 0 Å². The minimum atomic E-state index is -0.564. The van der Waals surface area contributed by atoms with E-state index in [1.165, 1.54) is 28.5 Å². The highest BCUT2D eigenvalue weighted by atomic mass is 19.1. The van der Waals surface area contributed by atoms with Gasteiger partial charge in [0.2, 0.25) is 0 Å². The topological polar surface area (TPSA) is 0 Å². The number of benzene rings is 4. The summed E-state index contributed by atoms with van der Waals surface area (Å²) in [5, 5.41) is 2.46. The van der Waals surface area contributed by atoms with E-state index in [9.17, 15) is 8.78 Å². The summed E-state index contributed by atoms with van der Waals surface area (Å²) in [7, 11) is 0. The van der Waals surface area contributed by atoms with Crippen LogP contribution in [0.15, 0.2) is 78.9 Å². The third-order valence-electron chi connectivity index (χ3n) is 4.86. The van der Waals surface area contributed by atoms with Crippen molar-refractivity contribution in [2.75, 3.05) is 0 Å². The predicted molar refractivity (Wildman–Crippen MR) is 109 cm³/mol. The molecule has 2 heteroatoms. The molecule has 0 fully saturated rings. The first-order valence-electron chi connectivity index (χ1n) is 9.22. The zero-order valence-corrected chi connectivity index (χ0v) is 15.2. The summed E-state index contributed by atoms with van der Waals surface area (Å²) in [5.74, 6) is -1.13. The number of aryl methyl sites for hydroxylation is 1. The predicted octanol–water partition coefficient (Wildman–Crippen LogP) is 7.40. The standard InChI is InChI=1S/C25H20F2/c1-2-3-17-4-5-22-13-21(11-10-20(22)12-17)18-6-8-19(9-7-18)23-14-24(26)16-25(27)15-23/h4-16H,2-3H2,1H3. The second-order valence-electron chi connectivity index (χ2n) is 6.88. The molecule has 0 bridgehead atoms. The molecule has 0 spiro atoms. The average molecular weight is 358 g/mol. The van der Waals surface area contributed by atoms with Crippen LogP contribution in [0.5, 0.6) is 0 Å². The fourth-order valence-electron chi connectivity index (χ4n) is 3.49. The van der Waals surface area contributed by atoms with Crippen molar-refractivity contribution in [3.8, 4) is 22.3 Å². The van der Waals surface area contributed by atoms with Gasteiger partial charge in [-0.1, -0.05) is 67.9 Å². The van der Waals surface area contributed by atoms with Crippen molar-refractivity contribution in [2.45, 2.75) is 19.8 Å². The van der Waals surface area contributed by atoms with E-state index in [-0.39, 0.29) is 0 Å². The smallest absolute Gasteiger partial charge is 0.126 e. The summed E-state index contributed by atoms with van der Waals surface area (Å²) in [6, 6.07) is 24.4. The Kier molecular flexibility index (Phi) is 4.72. The fourth-order valence-corrected chi connectivity index (χ4v) is 3.49. The summed E-state index contributed by atoms with van der Waals surface area (Å²) in [6.45, 7) is 2.19. The van der Waals surface area contributed by atoms with Crippen molar-refractivity contribution in [3.05, 3.63) is 96.1 Å². The van der Waals surface area contributed by atoms with Crippen molar-refractivity contribution >= 4 is 10.8 Å². The van der Waals surface area contributed by atoms with Crippen LogP contribution in [0.2, 0.25) is 0 Å². The molecule has 0 radical (unpaired) electrons. The first kappa shape index (κ1) is 17.4. The molecule has 0 heterocycles. The third kappa shape index (κ3) is 3.75. The van der Waals surface area contributed by atoms with Gasteiger partial charge in [-0.2, -0.15) is 0 Å². The largest absolute Gasteiger partial charge is 0.207 e. The van der Waals surface area contributed by atoms with E-state index in [0.29, 0.717) is 5.56 Å². The molecule has 4 aromatic carbocycles. The molecular weight excluding hydrogens is 338 g/mol. The van der Waals surface area contributed by atoms with Gasteiger partial charge in [0.05, 0.1) is 0 Å². The lowest BCUT2D eigenvalue weighted by Gasteiger charge is -2.08.